The number of ether oxygens (including phenoxy) is 2. The van der Waals surface area contributed by atoms with Gasteiger partial charge in [0.1, 0.15) is 35.3 Å². The SMILES string of the molecule is COc1ccc(COc2cc(CNc3nnc(C)s3)cc(F)c2N2CC(=O)NS2(=O)=O)cc1. The van der Waals surface area contributed by atoms with Crippen molar-refractivity contribution in [2.24, 2.45) is 0 Å². The zero-order valence-electron chi connectivity index (χ0n) is 17.7. The quantitative estimate of drug-likeness (QED) is 0.490. The Morgan fingerprint density at radius 1 is 1.21 bits per heavy atom. The average Bonchev–Trinajstić information content (AvgIpc) is 3.31. The molecule has 0 aliphatic carbocycles. The summed E-state index contributed by atoms with van der Waals surface area (Å²) in [7, 11) is -2.68. The summed E-state index contributed by atoms with van der Waals surface area (Å²) in [6.07, 6.45) is 0. The second-order valence-electron chi connectivity index (χ2n) is 7.08. The molecule has 1 fully saturated rings. The lowest BCUT2D eigenvalue weighted by atomic mass is 10.1. The minimum atomic E-state index is -4.23. The van der Waals surface area contributed by atoms with Crippen molar-refractivity contribution in [2.45, 2.75) is 20.1 Å². The lowest BCUT2D eigenvalue weighted by molar-refractivity contribution is -0.117. The Balaban J connectivity index is 1.64. The maximum atomic E-state index is 15.2. The van der Waals surface area contributed by atoms with Crippen LogP contribution in [0.15, 0.2) is 36.4 Å². The number of aryl methyl sites for hydroxylation is 1. The monoisotopic (exact) mass is 493 g/mol. The molecule has 0 spiro atoms. The van der Waals surface area contributed by atoms with E-state index in [0.29, 0.717) is 20.7 Å². The Morgan fingerprint density at radius 3 is 2.58 bits per heavy atom. The molecule has 0 saturated carbocycles. The van der Waals surface area contributed by atoms with E-state index >= 15 is 4.39 Å². The summed E-state index contributed by atoms with van der Waals surface area (Å²) < 4.78 is 53.4. The fraction of sp³-hybridized carbons (Fsp3) is 0.250. The van der Waals surface area contributed by atoms with Gasteiger partial charge in [0.25, 0.3) is 5.91 Å². The van der Waals surface area contributed by atoms with E-state index in [1.165, 1.54) is 23.5 Å². The molecule has 1 aromatic heterocycles. The number of hydrogen-bond acceptors (Lipinski definition) is 9. The first kappa shape index (κ1) is 22.7. The molecule has 4 rings (SSSR count). The first-order valence-corrected chi connectivity index (χ1v) is 12.0. The molecule has 1 aliphatic rings. The number of carbonyl (C=O) groups excluding carboxylic acids is 1. The number of methoxy groups -OCH3 is 1. The van der Waals surface area contributed by atoms with E-state index in [1.807, 2.05) is 11.6 Å². The predicted molar refractivity (Wildman–Crippen MR) is 120 cm³/mol. The lowest BCUT2D eigenvalue weighted by Crippen LogP contribution is -2.30. The van der Waals surface area contributed by atoms with Crippen molar-refractivity contribution in [3.8, 4) is 11.5 Å². The van der Waals surface area contributed by atoms with Crippen LogP contribution in [0.25, 0.3) is 0 Å². The minimum Gasteiger partial charge on any atom is -0.497 e. The second-order valence-corrected chi connectivity index (χ2v) is 9.85. The van der Waals surface area contributed by atoms with E-state index in [1.54, 1.807) is 31.4 Å². The first-order chi connectivity index (χ1) is 15.7. The highest BCUT2D eigenvalue weighted by atomic mass is 32.2. The normalized spacial score (nSPS) is 14.8. The second kappa shape index (κ2) is 9.19. The van der Waals surface area contributed by atoms with Gasteiger partial charge in [-0.3, -0.25) is 4.79 Å². The molecule has 0 atom stereocenters. The first-order valence-electron chi connectivity index (χ1n) is 9.70. The number of nitrogens with one attached hydrogen (secondary N) is 2. The molecule has 33 heavy (non-hydrogen) atoms. The standard InChI is InChI=1S/C20H20FN5O5S2/c1-12-23-24-20(32-12)22-9-14-7-16(21)19(26-10-18(27)25-33(26,28)29)17(8-14)31-11-13-3-5-15(30-2)6-4-13/h3-8H,9-11H2,1-2H3,(H,22,24)(H,25,27). The van der Waals surface area contributed by atoms with Crippen LogP contribution in [0.1, 0.15) is 16.1 Å². The van der Waals surface area contributed by atoms with Gasteiger partial charge >= 0.3 is 10.2 Å². The van der Waals surface area contributed by atoms with Gasteiger partial charge in [-0.25, -0.2) is 13.4 Å². The third-order valence-corrected chi connectivity index (χ3v) is 6.85. The molecule has 1 aliphatic heterocycles. The van der Waals surface area contributed by atoms with Crippen LogP contribution < -0.4 is 23.8 Å². The molecular formula is C20H20FN5O5S2. The Hall–Kier alpha value is -3.45. The molecule has 2 aromatic carbocycles. The topological polar surface area (TPSA) is 123 Å². The van der Waals surface area contributed by atoms with E-state index in [9.17, 15) is 13.2 Å². The Kier molecular flexibility index (Phi) is 6.33. The fourth-order valence-electron chi connectivity index (χ4n) is 3.16. The zero-order valence-corrected chi connectivity index (χ0v) is 19.3. The number of anilines is 2. The Bertz CT molecular complexity index is 1280. The third kappa shape index (κ3) is 5.14. The van der Waals surface area contributed by atoms with Gasteiger partial charge in [-0.2, -0.15) is 8.42 Å². The smallest absolute Gasteiger partial charge is 0.326 e. The van der Waals surface area contributed by atoms with Crippen molar-refractivity contribution in [1.82, 2.24) is 14.9 Å². The van der Waals surface area contributed by atoms with Gasteiger partial charge in [-0.15, -0.1) is 10.2 Å². The molecule has 2 N–H and O–H groups in total. The van der Waals surface area contributed by atoms with Crippen molar-refractivity contribution in [3.63, 3.8) is 0 Å². The summed E-state index contributed by atoms with van der Waals surface area (Å²) in [5.41, 5.74) is 0.913. The highest BCUT2D eigenvalue weighted by Gasteiger charge is 2.37. The van der Waals surface area contributed by atoms with Crippen LogP contribution >= 0.6 is 11.3 Å². The van der Waals surface area contributed by atoms with E-state index in [2.05, 4.69) is 15.5 Å². The molecule has 174 valence electrons. The number of hydrogen-bond donors (Lipinski definition) is 2. The van der Waals surface area contributed by atoms with Gasteiger partial charge in [-0.05, 0) is 42.3 Å². The van der Waals surface area contributed by atoms with Gasteiger partial charge in [0.15, 0.2) is 5.82 Å². The molecule has 0 bridgehead atoms. The summed E-state index contributed by atoms with van der Waals surface area (Å²) in [5, 5.41) is 12.3. The minimum absolute atomic E-state index is 0.0175. The maximum absolute atomic E-state index is 15.2. The highest BCUT2D eigenvalue weighted by molar-refractivity contribution is 7.92. The molecule has 0 radical (unpaired) electrons. The van der Waals surface area contributed by atoms with Crippen LogP contribution in [-0.2, 0) is 28.2 Å². The van der Waals surface area contributed by atoms with Crippen LogP contribution in [0.2, 0.25) is 0 Å². The Labute approximate surface area is 193 Å². The molecule has 10 nitrogen and oxygen atoms in total. The van der Waals surface area contributed by atoms with Gasteiger partial charge in [-0.1, -0.05) is 23.5 Å². The van der Waals surface area contributed by atoms with Crippen LogP contribution in [0, 0.1) is 12.7 Å². The average molecular weight is 494 g/mol. The van der Waals surface area contributed by atoms with E-state index in [0.717, 1.165) is 10.6 Å². The van der Waals surface area contributed by atoms with Crippen molar-refractivity contribution in [1.29, 1.82) is 0 Å². The van der Waals surface area contributed by atoms with E-state index < -0.39 is 28.5 Å². The van der Waals surface area contributed by atoms with Crippen LogP contribution in [0.3, 0.4) is 0 Å². The number of halogens is 1. The van der Waals surface area contributed by atoms with E-state index in [-0.39, 0.29) is 24.6 Å². The molecule has 1 saturated heterocycles. The van der Waals surface area contributed by atoms with Gasteiger partial charge in [0, 0.05) is 6.54 Å². The van der Waals surface area contributed by atoms with Crippen molar-refractivity contribution in [2.75, 3.05) is 23.3 Å². The number of aromatic nitrogens is 2. The highest BCUT2D eigenvalue weighted by Crippen LogP contribution is 2.36. The lowest BCUT2D eigenvalue weighted by Gasteiger charge is -2.21. The summed E-state index contributed by atoms with van der Waals surface area (Å²) in [6.45, 7) is 1.51. The van der Waals surface area contributed by atoms with Crippen LogP contribution in [0.5, 0.6) is 11.5 Å². The molecule has 3 aromatic rings. The summed E-state index contributed by atoms with van der Waals surface area (Å²) in [4.78, 5) is 11.7. The molecule has 2 heterocycles. The summed E-state index contributed by atoms with van der Waals surface area (Å²) in [5.74, 6) is -0.949. The van der Waals surface area contributed by atoms with Gasteiger partial charge in [0.05, 0.1) is 7.11 Å². The van der Waals surface area contributed by atoms with Gasteiger partial charge in [0.2, 0.25) is 5.13 Å². The predicted octanol–water partition coefficient (Wildman–Crippen LogP) is 2.37. The van der Waals surface area contributed by atoms with E-state index in [4.69, 9.17) is 9.47 Å². The number of carbonyl (C=O) groups is 1. The third-order valence-electron chi connectivity index (χ3n) is 4.68. The van der Waals surface area contributed by atoms with Crippen LogP contribution in [-0.4, -0.2) is 38.2 Å². The molecular weight excluding hydrogens is 473 g/mol. The summed E-state index contributed by atoms with van der Waals surface area (Å²) in [6, 6.07) is 9.76. The molecule has 1 amide bonds. The van der Waals surface area contributed by atoms with Crippen LogP contribution in [0.4, 0.5) is 15.2 Å². The molecule has 13 heteroatoms. The fourth-order valence-corrected chi connectivity index (χ4v) is 4.91. The van der Waals surface area contributed by atoms with Gasteiger partial charge < -0.3 is 14.8 Å². The van der Waals surface area contributed by atoms with Crippen molar-refractivity contribution < 1.29 is 27.1 Å². The number of nitrogens with zero attached hydrogens (tertiary/aromatic N) is 3. The zero-order chi connectivity index (χ0) is 23.6. The summed E-state index contributed by atoms with van der Waals surface area (Å²) >= 11 is 1.35. The largest absolute Gasteiger partial charge is 0.497 e. The number of benzene rings is 2. The van der Waals surface area contributed by atoms with Crippen molar-refractivity contribution >= 4 is 38.3 Å². The molecule has 0 unspecified atom stereocenters. The van der Waals surface area contributed by atoms with Crippen molar-refractivity contribution in [3.05, 3.63) is 58.3 Å². The number of amides is 1. The Morgan fingerprint density at radius 2 is 1.97 bits per heavy atom. The maximum Gasteiger partial charge on any atom is 0.326 e. The number of rotatable bonds is 8.